The van der Waals surface area contributed by atoms with Crippen LogP contribution in [0.4, 0.5) is 0 Å². The quantitative estimate of drug-likeness (QED) is 0.156. The van der Waals surface area contributed by atoms with E-state index in [2.05, 4.69) is 13.8 Å². The van der Waals surface area contributed by atoms with Gasteiger partial charge in [0.25, 0.3) is 0 Å². The van der Waals surface area contributed by atoms with Crippen LogP contribution in [0.2, 0.25) is 0 Å². The van der Waals surface area contributed by atoms with Crippen LogP contribution in [-0.4, -0.2) is 22.4 Å². The normalized spacial score (nSPS) is 13.7. The maximum absolute atomic E-state index is 10.0. The van der Waals surface area contributed by atoms with E-state index in [-0.39, 0.29) is 12.2 Å². The Morgan fingerprint density at radius 2 is 0.621 bits per heavy atom. The van der Waals surface area contributed by atoms with Gasteiger partial charge >= 0.3 is 0 Å². The van der Waals surface area contributed by atoms with Gasteiger partial charge < -0.3 is 10.2 Å². The number of hydrogen-bond acceptors (Lipinski definition) is 2. The minimum absolute atomic E-state index is 0.303. The van der Waals surface area contributed by atoms with Gasteiger partial charge in [0.05, 0.1) is 12.2 Å². The van der Waals surface area contributed by atoms with Gasteiger partial charge in [0, 0.05) is 0 Å². The van der Waals surface area contributed by atoms with Crippen LogP contribution >= 0.6 is 0 Å². The number of unbranched alkanes of at least 4 members (excludes halogenated alkanes) is 18. The summed E-state index contributed by atoms with van der Waals surface area (Å²) in [6, 6.07) is 0. The molecule has 0 bridgehead atoms. The summed E-state index contributed by atoms with van der Waals surface area (Å²) in [6.07, 6.45) is 28.7. The molecule has 0 fully saturated rings. The molecule has 0 rings (SSSR count). The molecule has 2 nitrogen and oxygen atoms in total. The van der Waals surface area contributed by atoms with Crippen molar-refractivity contribution < 1.29 is 10.2 Å². The Morgan fingerprint density at radius 3 is 0.966 bits per heavy atom. The van der Waals surface area contributed by atoms with Crippen LogP contribution in [-0.2, 0) is 0 Å². The summed E-state index contributed by atoms with van der Waals surface area (Å²) in [4.78, 5) is 0. The van der Waals surface area contributed by atoms with E-state index in [4.69, 9.17) is 0 Å². The van der Waals surface area contributed by atoms with Crippen molar-refractivity contribution in [3.63, 3.8) is 0 Å². The van der Waals surface area contributed by atoms with Crippen molar-refractivity contribution in [3.05, 3.63) is 0 Å². The summed E-state index contributed by atoms with van der Waals surface area (Å²) >= 11 is 0. The molecule has 0 saturated heterocycles. The molecule has 0 amide bonds. The summed E-state index contributed by atoms with van der Waals surface area (Å²) in [5, 5.41) is 20.0. The number of aliphatic hydroxyl groups is 2. The third-order valence-corrected chi connectivity index (χ3v) is 6.33. The maximum atomic E-state index is 10.0. The maximum Gasteiger partial charge on any atom is 0.0564 e. The van der Waals surface area contributed by atoms with E-state index < -0.39 is 0 Å². The van der Waals surface area contributed by atoms with E-state index in [1.54, 1.807) is 0 Å². The highest BCUT2D eigenvalue weighted by molar-refractivity contribution is 4.64. The second kappa shape index (κ2) is 24.2. The van der Waals surface area contributed by atoms with Crippen molar-refractivity contribution in [2.24, 2.45) is 0 Å². The zero-order valence-electron chi connectivity index (χ0n) is 20.3. The van der Waals surface area contributed by atoms with Crippen LogP contribution in [0.25, 0.3) is 0 Å². The van der Waals surface area contributed by atoms with Crippen molar-refractivity contribution in [2.45, 2.75) is 174 Å². The minimum Gasteiger partial charge on any atom is -0.393 e. The minimum atomic E-state index is -0.303. The van der Waals surface area contributed by atoms with Crippen molar-refractivity contribution in [2.75, 3.05) is 0 Å². The van der Waals surface area contributed by atoms with Gasteiger partial charge in [0.15, 0.2) is 0 Å². The summed E-state index contributed by atoms with van der Waals surface area (Å²) in [7, 11) is 0. The molecule has 0 unspecified atom stereocenters. The van der Waals surface area contributed by atoms with E-state index in [0.29, 0.717) is 6.42 Å². The fraction of sp³-hybridized carbons (Fsp3) is 1.00. The molecule has 0 aromatic carbocycles. The van der Waals surface area contributed by atoms with Crippen LogP contribution in [0.5, 0.6) is 0 Å². The van der Waals surface area contributed by atoms with Crippen LogP contribution in [0.3, 0.4) is 0 Å². The lowest BCUT2D eigenvalue weighted by atomic mass is 10.00. The lowest BCUT2D eigenvalue weighted by Gasteiger charge is -2.15. The standard InChI is InChI=1S/C27H56O2/c1-3-5-7-8-9-10-11-12-13-14-15-16-17-18-19-20-22-24-27(29)25-26(28)23-21-6-4-2/h26-29H,3-25H2,1-2H3/t26-,27+/m0/s1. The Kier molecular flexibility index (Phi) is 24.1. The zero-order valence-corrected chi connectivity index (χ0v) is 20.3. The highest BCUT2D eigenvalue weighted by atomic mass is 16.3. The fourth-order valence-electron chi connectivity index (χ4n) is 4.28. The SMILES string of the molecule is CCCCCCCCCCCCCCCCCCC[C@@H](O)C[C@@H](O)CCCCC. The zero-order chi connectivity index (χ0) is 21.4. The van der Waals surface area contributed by atoms with Crippen LogP contribution in [0.15, 0.2) is 0 Å². The van der Waals surface area contributed by atoms with E-state index in [0.717, 1.165) is 25.7 Å². The number of hydrogen-bond donors (Lipinski definition) is 2. The molecule has 0 heterocycles. The molecule has 176 valence electrons. The molecule has 0 radical (unpaired) electrons. The molecule has 0 aliphatic carbocycles. The lowest BCUT2D eigenvalue weighted by Crippen LogP contribution is -2.17. The second-order valence-corrected chi connectivity index (χ2v) is 9.48. The summed E-state index contributed by atoms with van der Waals surface area (Å²) in [5.74, 6) is 0. The Morgan fingerprint density at radius 1 is 0.379 bits per heavy atom. The van der Waals surface area contributed by atoms with E-state index in [1.807, 2.05) is 0 Å². The van der Waals surface area contributed by atoms with Gasteiger partial charge in [0.2, 0.25) is 0 Å². The number of aliphatic hydroxyl groups excluding tert-OH is 2. The third kappa shape index (κ3) is 24.1. The molecular formula is C27H56O2. The molecule has 0 spiro atoms. The molecule has 0 saturated carbocycles. The predicted molar refractivity (Wildman–Crippen MR) is 130 cm³/mol. The van der Waals surface area contributed by atoms with Crippen molar-refractivity contribution in [1.82, 2.24) is 0 Å². The van der Waals surface area contributed by atoms with Crippen LogP contribution in [0.1, 0.15) is 162 Å². The molecule has 2 atom stereocenters. The van der Waals surface area contributed by atoms with Crippen LogP contribution < -0.4 is 0 Å². The first-order valence-corrected chi connectivity index (χ1v) is 13.6. The largest absolute Gasteiger partial charge is 0.393 e. The molecule has 0 aromatic heterocycles. The first-order chi connectivity index (χ1) is 14.2. The Balaban J connectivity index is 3.18. The van der Waals surface area contributed by atoms with Gasteiger partial charge in [-0.1, -0.05) is 142 Å². The molecule has 0 aromatic rings. The predicted octanol–water partition coefficient (Wildman–Crippen LogP) is 8.72. The summed E-state index contributed by atoms with van der Waals surface area (Å²) < 4.78 is 0. The average Bonchev–Trinajstić information content (AvgIpc) is 2.70. The van der Waals surface area contributed by atoms with Gasteiger partial charge in [-0.05, 0) is 19.3 Å². The van der Waals surface area contributed by atoms with Gasteiger partial charge in [0.1, 0.15) is 0 Å². The Hall–Kier alpha value is -0.0800. The second-order valence-electron chi connectivity index (χ2n) is 9.48. The number of rotatable bonds is 24. The van der Waals surface area contributed by atoms with E-state index in [1.165, 1.54) is 116 Å². The topological polar surface area (TPSA) is 40.5 Å². The molecular weight excluding hydrogens is 356 g/mol. The fourth-order valence-corrected chi connectivity index (χ4v) is 4.28. The van der Waals surface area contributed by atoms with Crippen molar-refractivity contribution >= 4 is 0 Å². The molecule has 2 N–H and O–H groups in total. The highest BCUT2D eigenvalue weighted by Gasteiger charge is 2.11. The van der Waals surface area contributed by atoms with Crippen molar-refractivity contribution in [3.8, 4) is 0 Å². The Labute approximate surface area is 184 Å². The van der Waals surface area contributed by atoms with Gasteiger partial charge in [-0.2, -0.15) is 0 Å². The molecule has 2 heteroatoms. The van der Waals surface area contributed by atoms with Gasteiger partial charge in [-0.25, -0.2) is 0 Å². The highest BCUT2D eigenvalue weighted by Crippen LogP contribution is 2.16. The molecule has 0 aliphatic rings. The molecule has 29 heavy (non-hydrogen) atoms. The average molecular weight is 413 g/mol. The first-order valence-electron chi connectivity index (χ1n) is 13.6. The van der Waals surface area contributed by atoms with E-state index in [9.17, 15) is 10.2 Å². The summed E-state index contributed by atoms with van der Waals surface area (Å²) in [6.45, 7) is 4.47. The smallest absolute Gasteiger partial charge is 0.0564 e. The lowest BCUT2D eigenvalue weighted by molar-refractivity contribution is 0.0681. The Bertz CT molecular complexity index is 292. The van der Waals surface area contributed by atoms with Crippen molar-refractivity contribution in [1.29, 1.82) is 0 Å². The van der Waals surface area contributed by atoms with Crippen LogP contribution in [0, 0.1) is 0 Å². The van der Waals surface area contributed by atoms with Gasteiger partial charge in [-0.15, -0.1) is 0 Å². The van der Waals surface area contributed by atoms with Gasteiger partial charge in [-0.3, -0.25) is 0 Å². The first kappa shape index (κ1) is 28.9. The summed E-state index contributed by atoms with van der Waals surface area (Å²) in [5.41, 5.74) is 0. The third-order valence-electron chi connectivity index (χ3n) is 6.33. The van der Waals surface area contributed by atoms with E-state index >= 15 is 0 Å². The molecule has 0 aliphatic heterocycles. The monoisotopic (exact) mass is 412 g/mol.